The quantitative estimate of drug-likeness (QED) is 0.0145. The number of hydrogen-bond acceptors (Lipinski definition) is 18. The average molecular weight is 1190 g/mol. The zero-order valence-corrected chi connectivity index (χ0v) is 49.1. The summed E-state index contributed by atoms with van der Waals surface area (Å²) in [6, 6.07) is -3.73. The number of aliphatic hydroxyl groups is 3. The van der Waals surface area contributed by atoms with Crippen molar-refractivity contribution in [3.63, 3.8) is 0 Å². The van der Waals surface area contributed by atoms with Gasteiger partial charge < -0.3 is 77.8 Å². The Morgan fingerprint density at radius 3 is 2.12 bits per heavy atom. The number of nitrogens with one attached hydrogen (secondary N) is 8. The van der Waals surface area contributed by atoms with Gasteiger partial charge in [-0.3, -0.25) is 62.5 Å². The Morgan fingerprint density at radius 1 is 0.880 bits per heavy atom. The molecule has 4 aliphatic rings. The van der Waals surface area contributed by atoms with Crippen LogP contribution in [0.2, 0.25) is 0 Å². The number of unbranched alkanes of at least 4 members (excludes halogenated alkanes) is 3. The number of amides is 11. The standard InChI is InChI=1S/C29H42N8O8S.C15H28N4O5.C10H15NO2/c1-4-18(2)24(27(44)32-14-22(41)30-7-12-38)34-23(42)15-31-26(43)21(33-16-39)13-20-19-5-6-29(45,25(19)35-28(20)46-3)37-10-8-36(17-40)9-11-37;1-9(6-10(21)8-20)18-14(23)12-4-3-5-19(12)15(24)11(17-2)7-13(16)22;1-2-3-4-5-8-11-9(12)6-7-10(11)13/h5-6,12,16-18,21,24,35,45H,4,7-11,13-15H2,1-3H3,(H,30,41)(H,31,43)(H,32,44)(H,33,39)(H,34,42);9-12,17,20-21H,3-8H2,1-2H3,(H2,16,22)(H,18,23);6-7H,2-5,8H2,1H3. The van der Waals surface area contributed by atoms with Gasteiger partial charge >= 0.3 is 0 Å². The molecule has 0 aromatic carbocycles. The van der Waals surface area contributed by atoms with Crippen LogP contribution in [-0.4, -0.2) is 227 Å². The maximum atomic E-state index is 13.2. The highest BCUT2D eigenvalue weighted by Gasteiger charge is 2.44. The number of aldehydes is 1. The molecule has 2 fully saturated rings. The molecule has 13 N–H and O–H groups in total. The fourth-order valence-corrected chi connectivity index (χ4v) is 10.2. The Kier molecular flexibility index (Phi) is 30.3. The second-order valence-electron chi connectivity index (χ2n) is 20.4. The lowest BCUT2D eigenvalue weighted by Crippen LogP contribution is -2.54. The fraction of sp³-hybridized carbons (Fsp3) is 0.630. The van der Waals surface area contributed by atoms with Crippen molar-refractivity contribution in [3.05, 3.63) is 35.0 Å². The van der Waals surface area contributed by atoms with Crippen LogP contribution in [-0.2, 0) is 69.7 Å². The zero-order chi connectivity index (χ0) is 61.8. The number of aromatic nitrogens is 1. The van der Waals surface area contributed by atoms with E-state index in [1.54, 1.807) is 37.9 Å². The van der Waals surface area contributed by atoms with Gasteiger partial charge in [0.1, 0.15) is 24.4 Å². The Labute approximate surface area is 487 Å². The summed E-state index contributed by atoms with van der Waals surface area (Å²) in [6.45, 7) is 8.89. The predicted octanol–water partition coefficient (Wildman–Crippen LogP) is -3.40. The summed E-state index contributed by atoms with van der Waals surface area (Å²) in [5.74, 6) is -4.29. The van der Waals surface area contributed by atoms with Gasteiger partial charge in [-0.05, 0) is 63.5 Å². The number of nitrogens with two attached hydrogens (primary N) is 1. The van der Waals surface area contributed by atoms with Crippen molar-refractivity contribution in [2.75, 3.05) is 78.8 Å². The van der Waals surface area contributed by atoms with Crippen LogP contribution in [0.15, 0.2) is 23.3 Å². The second kappa shape index (κ2) is 35.8. The molecule has 0 bridgehead atoms. The van der Waals surface area contributed by atoms with E-state index in [1.165, 1.54) is 46.6 Å². The Balaban J connectivity index is 0.000000402. The number of fused-ring (bicyclic) bond motifs is 1. The van der Waals surface area contributed by atoms with Crippen LogP contribution in [0.3, 0.4) is 0 Å². The van der Waals surface area contributed by atoms with E-state index in [9.17, 15) is 67.7 Å². The fourth-order valence-electron chi connectivity index (χ4n) is 9.57. The summed E-state index contributed by atoms with van der Waals surface area (Å²) in [5.41, 5.74) is 5.64. The highest BCUT2D eigenvalue weighted by molar-refractivity contribution is 7.98. The largest absolute Gasteiger partial charge is 0.394 e. The smallest absolute Gasteiger partial charge is 0.253 e. The van der Waals surface area contributed by atoms with Crippen LogP contribution in [0, 0.1) is 5.92 Å². The summed E-state index contributed by atoms with van der Waals surface area (Å²) in [5, 5.41) is 48.5. The molecular weight excluding hydrogens is 1100 g/mol. The lowest BCUT2D eigenvalue weighted by Gasteiger charge is -2.40. The zero-order valence-electron chi connectivity index (χ0n) is 48.2. The highest BCUT2D eigenvalue weighted by Crippen LogP contribution is 2.42. The van der Waals surface area contributed by atoms with E-state index < -0.39 is 72.1 Å². The molecule has 1 aliphatic carbocycles. The predicted molar refractivity (Wildman–Crippen MR) is 305 cm³/mol. The molecule has 2 saturated heterocycles. The van der Waals surface area contributed by atoms with Gasteiger partial charge in [-0.15, -0.1) is 11.8 Å². The van der Waals surface area contributed by atoms with Gasteiger partial charge in [0.2, 0.25) is 54.2 Å². The summed E-state index contributed by atoms with van der Waals surface area (Å²) >= 11 is 1.38. The number of carbonyl (C=O) groups is 12. The average Bonchev–Trinajstić information content (AvgIpc) is 3.42. The van der Waals surface area contributed by atoms with Crippen LogP contribution in [0.1, 0.15) is 102 Å². The van der Waals surface area contributed by atoms with Gasteiger partial charge in [-0.1, -0.05) is 52.5 Å². The first-order valence-corrected chi connectivity index (χ1v) is 29.1. The normalized spacial score (nSPS) is 19.3. The molecule has 29 heteroatoms. The van der Waals surface area contributed by atoms with Crippen LogP contribution >= 0.6 is 11.8 Å². The monoisotopic (exact) mass is 1190 g/mol. The van der Waals surface area contributed by atoms with Crippen molar-refractivity contribution in [1.29, 1.82) is 0 Å². The third-order valence-electron chi connectivity index (χ3n) is 14.4. The molecule has 462 valence electrons. The number of H-pyrrole nitrogens is 1. The first kappa shape index (κ1) is 70.2. The van der Waals surface area contributed by atoms with Crippen LogP contribution in [0.4, 0.5) is 0 Å². The van der Waals surface area contributed by atoms with E-state index in [4.69, 9.17) is 10.8 Å². The number of imide groups is 1. The van der Waals surface area contributed by atoms with Crippen molar-refractivity contribution in [3.8, 4) is 0 Å². The Hall–Kier alpha value is -7.05. The highest BCUT2D eigenvalue weighted by atomic mass is 32.2. The first-order valence-electron chi connectivity index (χ1n) is 27.9. The molecular formula is C54H85N13O15S. The summed E-state index contributed by atoms with van der Waals surface area (Å²) in [4.78, 5) is 151. The number of primary amides is 1. The molecule has 83 heavy (non-hydrogen) atoms. The molecule has 0 radical (unpaired) electrons. The Morgan fingerprint density at radius 2 is 1.54 bits per heavy atom. The van der Waals surface area contributed by atoms with Gasteiger partial charge in [-0.25, -0.2) is 0 Å². The van der Waals surface area contributed by atoms with Crippen molar-refractivity contribution in [2.45, 2.75) is 139 Å². The Bertz CT molecular complexity index is 2450. The topological polar surface area (TPSA) is 405 Å². The molecule has 5 rings (SSSR count). The molecule has 0 spiro atoms. The summed E-state index contributed by atoms with van der Waals surface area (Å²) < 4.78 is 0. The maximum Gasteiger partial charge on any atom is 0.253 e. The SMILES string of the molecule is CCC(C)C(NC(=O)CNC(=O)C(Cc1c(SC)[nH]c2c1C=CC2(O)N1CCN(C=O)CC1)NC=O)C(=O)NCC(=O)NCC=O.CCCCCCN1C(=O)C=CC1=O.CNC(CC(N)=O)C(=O)N1CCCC1C(=O)NC(C)CC(O)CO. The maximum absolute atomic E-state index is 13.2. The van der Waals surface area contributed by atoms with Crippen molar-refractivity contribution >= 4 is 90.1 Å². The number of rotatable bonds is 32. The van der Waals surface area contributed by atoms with Crippen molar-refractivity contribution in [1.82, 2.24) is 61.8 Å². The minimum atomic E-state index is -1.43. The molecule has 11 amide bonds. The van der Waals surface area contributed by atoms with Crippen LogP contribution < -0.4 is 43.0 Å². The number of likely N-dealkylation sites (N-methyl/N-ethyl adjacent to an activating group) is 1. The van der Waals surface area contributed by atoms with Gasteiger partial charge in [0.05, 0.1) is 55.5 Å². The van der Waals surface area contributed by atoms with Crippen LogP contribution in [0.25, 0.3) is 6.08 Å². The van der Waals surface area contributed by atoms with Gasteiger partial charge in [0, 0.05) is 69.4 Å². The van der Waals surface area contributed by atoms with Crippen molar-refractivity contribution < 1.29 is 72.9 Å². The minimum Gasteiger partial charge on any atom is -0.394 e. The summed E-state index contributed by atoms with van der Waals surface area (Å²) in [7, 11) is 1.56. The van der Waals surface area contributed by atoms with E-state index in [1.807, 2.05) is 18.1 Å². The molecule has 8 atom stereocenters. The van der Waals surface area contributed by atoms with Crippen LogP contribution in [0.5, 0.6) is 0 Å². The number of aromatic amines is 1. The van der Waals surface area contributed by atoms with E-state index in [0.717, 1.165) is 19.3 Å². The van der Waals surface area contributed by atoms with E-state index in [0.29, 0.717) is 93.1 Å². The number of carbonyl (C=O) groups excluding carboxylic acids is 12. The first-order chi connectivity index (χ1) is 39.6. The van der Waals surface area contributed by atoms with Gasteiger partial charge in [0.25, 0.3) is 11.8 Å². The van der Waals surface area contributed by atoms with E-state index in [2.05, 4.69) is 49.1 Å². The second-order valence-corrected chi connectivity index (χ2v) is 21.2. The van der Waals surface area contributed by atoms with E-state index in [-0.39, 0.29) is 74.5 Å². The molecule has 1 aromatic rings. The minimum absolute atomic E-state index is 0.0532. The molecule has 3 aliphatic heterocycles. The third kappa shape index (κ3) is 21.3. The number of thioether (sulfide) groups is 1. The molecule has 4 heterocycles. The summed E-state index contributed by atoms with van der Waals surface area (Å²) in [6.07, 6.45) is 15.0. The number of likely N-dealkylation sites (tertiary alicyclic amines) is 1. The third-order valence-corrected chi connectivity index (χ3v) is 15.1. The number of aliphatic hydroxyl groups excluding tert-OH is 2. The number of nitrogens with zero attached hydrogens (tertiary/aromatic N) is 4. The number of piperazine rings is 1. The molecule has 0 saturated carbocycles. The van der Waals surface area contributed by atoms with Crippen molar-refractivity contribution in [2.24, 2.45) is 11.7 Å². The lowest BCUT2D eigenvalue weighted by atomic mass is 9.98. The lowest BCUT2D eigenvalue weighted by molar-refractivity contribution is -0.141. The number of hydrogen-bond donors (Lipinski definition) is 12. The van der Waals surface area contributed by atoms with Gasteiger partial charge in [0.15, 0.2) is 5.72 Å². The molecule has 8 unspecified atom stereocenters. The van der Waals surface area contributed by atoms with E-state index >= 15 is 0 Å². The molecule has 28 nitrogen and oxygen atoms in total. The molecule has 1 aromatic heterocycles. The van der Waals surface area contributed by atoms with Gasteiger partial charge in [-0.2, -0.15) is 0 Å².